The largest absolute Gasteiger partial charge is 0.477 e. The molecule has 0 radical (unpaired) electrons. The van der Waals surface area contributed by atoms with Crippen LogP contribution in [-0.4, -0.2) is 24.2 Å². The molecule has 5 heteroatoms. The summed E-state index contributed by atoms with van der Waals surface area (Å²) in [7, 11) is 3.00. The first-order chi connectivity index (χ1) is 8.62. The predicted molar refractivity (Wildman–Crippen MR) is 66.8 cm³/mol. The SMILES string of the molecule is COc1nc2cc(C)c(C)c(C#N)c2nc1OC. The summed E-state index contributed by atoms with van der Waals surface area (Å²) in [4.78, 5) is 8.62. The van der Waals surface area contributed by atoms with Crippen molar-refractivity contribution in [3.05, 3.63) is 22.8 Å². The molecule has 0 unspecified atom stereocenters. The highest BCUT2D eigenvalue weighted by molar-refractivity contribution is 5.84. The highest BCUT2D eigenvalue weighted by Crippen LogP contribution is 2.29. The number of ether oxygens (including phenoxy) is 2. The van der Waals surface area contributed by atoms with Gasteiger partial charge < -0.3 is 9.47 Å². The summed E-state index contributed by atoms with van der Waals surface area (Å²) in [6, 6.07) is 4.06. The Morgan fingerprint density at radius 1 is 1.11 bits per heavy atom. The molecule has 2 rings (SSSR count). The maximum atomic E-state index is 9.24. The fraction of sp³-hybridized carbons (Fsp3) is 0.308. The molecule has 2 aromatic rings. The van der Waals surface area contributed by atoms with Gasteiger partial charge in [-0.15, -0.1) is 0 Å². The molecule has 0 spiro atoms. The average Bonchev–Trinajstić information content (AvgIpc) is 2.39. The number of fused-ring (bicyclic) bond motifs is 1. The summed E-state index contributed by atoms with van der Waals surface area (Å²) < 4.78 is 10.2. The smallest absolute Gasteiger partial charge is 0.278 e. The highest BCUT2D eigenvalue weighted by atomic mass is 16.5. The van der Waals surface area contributed by atoms with Crippen molar-refractivity contribution in [2.24, 2.45) is 0 Å². The molecular weight excluding hydrogens is 230 g/mol. The van der Waals surface area contributed by atoms with E-state index in [0.29, 0.717) is 22.5 Å². The lowest BCUT2D eigenvalue weighted by Gasteiger charge is -2.10. The molecule has 0 saturated heterocycles. The van der Waals surface area contributed by atoms with Gasteiger partial charge in [0.05, 0.1) is 25.3 Å². The van der Waals surface area contributed by atoms with E-state index in [9.17, 15) is 5.26 Å². The Kier molecular flexibility index (Phi) is 3.02. The van der Waals surface area contributed by atoms with Gasteiger partial charge in [-0.2, -0.15) is 5.26 Å². The Labute approximate surface area is 105 Å². The van der Waals surface area contributed by atoms with Crippen molar-refractivity contribution < 1.29 is 9.47 Å². The van der Waals surface area contributed by atoms with Crippen LogP contribution in [0.25, 0.3) is 11.0 Å². The van der Waals surface area contributed by atoms with Crippen LogP contribution >= 0.6 is 0 Å². The second-order valence-electron chi connectivity index (χ2n) is 3.92. The minimum absolute atomic E-state index is 0.282. The molecule has 0 aliphatic rings. The standard InChI is InChI=1S/C13H13N3O2/c1-7-5-10-11(9(6-14)8(7)2)16-13(18-4)12(15-10)17-3/h5H,1-4H3. The second kappa shape index (κ2) is 4.49. The van der Waals surface area contributed by atoms with E-state index in [1.165, 1.54) is 14.2 Å². The molecule has 0 atom stereocenters. The lowest BCUT2D eigenvalue weighted by molar-refractivity contribution is 0.334. The Bertz CT molecular complexity index is 660. The van der Waals surface area contributed by atoms with Crippen LogP contribution in [0, 0.1) is 25.2 Å². The summed E-state index contributed by atoms with van der Waals surface area (Å²) in [5.41, 5.74) is 3.61. The number of hydrogen-bond acceptors (Lipinski definition) is 5. The molecule has 5 nitrogen and oxygen atoms in total. The van der Waals surface area contributed by atoms with Crippen molar-refractivity contribution in [3.63, 3.8) is 0 Å². The van der Waals surface area contributed by atoms with Crippen LogP contribution in [-0.2, 0) is 0 Å². The van der Waals surface area contributed by atoms with Crippen molar-refractivity contribution in [1.82, 2.24) is 9.97 Å². The quantitative estimate of drug-likeness (QED) is 0.808. The maximum Gasteiger partial charge on any atom is 0.278 e. The van der Waals surface area contributed by atoms with Crippen LogP contribution in [0.5, 0.6) is 11.8 Å². The zero-order valence-corrected chi connectivity index (χ0v) is 10.7. The van der Waals surface area contributed by atoms with Crippen molar-refractivity contribution in [2.45, 2.75) is 13.8 Å². The summed E-state index contributed by atoms with van der Waals surface area (Å²) in [5, 5.41) is 9.24. The summed E-state index contributed by atoms with van der Waals surface area (Å²) in [5.74, 6) is 0.599. The number of hydrogen-bond donors (Lipinski definition) is 0. The first kappa shape index (κ1) is 12.1. The third-order valence-electron chi connectivity index (χ3n) is 2.92. The van der Waals surface area contributed by atoms with E-state index >= 15 is 0 Å². The van der Waals surface area contributed by atoms with Gasteiger partial charge in [0.25, 0.3) is 11.8 Å². The van der Waals surface area contributed by atoms with E-state index in [2.05, 4.69) is 16.0 Å². The number of methoxy groups -OCH3 is 2. The minimum Gasteiger partial charge on any atom is -0.477 e. The van der Waals surface area contributed by atoms with Crippen LogP contribution in [0.4, 0.5) is 0 Å². The number of nitriles is 1. The van der Waals surface area contributed by atoms with Crippen LogP contribution in [0.2, 0.25) is 0 Å². The van der Waals surface area contributed by atoms with E-state index in [1.54, 1.807) is 0 Å². The monoisotopic (exact) mass is 243 g/mol. The molecule has 0 aliphatic heterocycles. The van der Waals surface area contributed by atoms with Crippen LogP contribution < -0.4 is 9.47 Å². The van der Waals surface area contributed by atoms with E-state index in [1.807, 2.05) is 19.9 Å². The first-order valence-electron chi connectivity index (χ1n) is 5.42. The van der Waals surface area contributed by atoms with Gasteiger partial charge in [0.1, 0.15) is 11.6 Å². The van der Waals surface area contributed by atoms with Gasteiger partial charge in [-0.25, -0.2) is 9.97 Å². The van der Waals surface area contributed by atoms with Gasteiger partial charge in [-0.1, -0.05) is 0 Å². The van der Waals surface area contributed by atoms with Gasteiger partial charge in [0, 0.05) is 0 Å². The molecule has 0 aliphatic carbocycles. The highest BCUT2D eigenvalue weighted by Gasteiger charge is 2.15. The van der Waals surface area contributed by atoms with Crippen molar-refractivity contribution in [2.75, 3.05) is 14.2 Å². The molecule has 0 amide bonds. The van der Waals surface area contributed by atoms with E-state index < -0.39 is 0 Å². The maximum absolute atomic E-state index is 9.24. The molecule has 1 aromatic heterocycles. The van der Waals surface area contributed by atoms with Gasteiger partial charge in [0.2, 0.25) is 0 Å². The van der Waals surface area contributed by atoms with Crippen LogP contribution in [0.1, 0.15) is 16.7 Å². The Morgan fingerprint density at radius 3 is 2.28 bits per heavy atom. The van der Waals surface area contributed by atoms with Gasteiger partial charge in [0.15, 0.2) is 0 Å². The molecule has 1 aromatic carbocycles. The number of aromatic nitrogens is 2. The van der Waals surface area contributed by atoms with E-state index in [0.717, 1.165) is 11.1 Å². The van der Waals surface area contributed by atoms with E-state index in [-0.39, 0.29) is 5.88 Å². The van der Waals surface area contributed by atoms with Crippen molar-refractivity contribution in [1.29, 1.82) is 5.26 Å². The summed E-state index contributed by atoms with van der Waals surface area (Å²) in [6.07, 6.45) is 0. The average molecular weight is 243 g/mol. The number of nitrogens with zero attached hydrogens (tertiary/aromatic N) is 3. The molecule has 0 bridgehead atoms. The minimum atomic E-state index is 0.282. The normalized spacial score (nSPS) is 10.2. The first-order valence-corrected chi connectivity index (χ1v) is 5.42. The summed E-state index contributed by atoms with van der Waals surface area (Å²) in [6.45, 7) is 3.83. The fourth-order valence-corrected chi connectivity index (χ4v) is 1.79. The zero-order chi connectivity index (χ0) is 13.3. The topological polar surface area (TPSA) is 68.0 Å². The van der Waals surface area contributed by atoms with Crippen LogP contribution in [0.15, 0.2) is 6.07 Å². The fourth-order valence-electron chi connectivity index (χ4n) is 1.79. The molecule has 18 heavy (non-hydrogen) atoms. The predicted octanol–water partition coefficient (Wildman–Crippen LogP) is 2.14. The number of rotatable bonds is 2. The third-order valence-corrected chi connectivity index (χ3v) is 2.92. The second-order valence-corrected chi connectivity index (χ2v) is 3.92. The summed E-state index contributed by atoms with van der Waals surface area (Å²) >= 11 is 0. The molecule has 0 saturated carbocycles. The third kappa shape index (κ3) is 1.72. The van der Waals surface area contributed by atoms with Gasteiger partial charge >= 0.3 is 0 Å². The lowest BCUT2D eigenvalue weighted by atomic mass is 10.0. The van der Waals surface area contributed by atoms with Crippen LogP contribution in [0.3, 0.4) is 0 Å². The van der Waals surface area contributed by atoms with Crippen molar-refractivity contribution >= 4 is 11.0 Å². The molecule has 1 heterocycles. The van der Waals surface area contributed by atoms with E-state index in [4.69, 9.17) is 9.47 Å². The molecular formula is C13H13N3O2. The van der Waals surface area contributed by atoms with Crippen molar-refractivity contribution in [3.8, 4) is 17.8 Å². The Morgan fingerprint density at radius 2 is 1.72 bits per heavy atom. The molecule has 92 valence electrons. The Hall–Kier alpha value is -2.35. The zero-order valence-electron chi connectivity index (χ0n) is 10.7. The van der Waals surface area contributed by atoms with Gasteiger partial charge in [-0.05, 0) is 31.0 Å². The molecule has 0 N–H and O–H groups in total. The Balaban J connectivity index is 2.90. The lowest BCUT2D eigenvalue weighted by Crippen LogP contribution is -2.00. The number of benzene rings is 1. The number of aryl methyl sites for hydroxylation is 1. The molecule has 0 fully saturated rings. The van der Waals surface area contributed by atoms with Gasteiger partial charge in [-0.3, -0.25) is 0 Å².